The Morgan fingerprint density at radius 2 is 2.22 bits per heavy atom. The van der Waals surface area contributed by atoms with Crippen molar-refractivity contribution in [2.45, 2.75) is 38.2 Å². The fraction of sp³-hybridized carbons (Fsp3) is 0.571. The van der Waals surface area contributed by atoms with Gasteiger partial charge in [0.15, 0.2) is 5.78 Å². The molecule has 100 valence electrons. The molecule has 0 aliphatic heterocycles. The lowest BCUT2D eigenvalue weighted by Gasteiger charge is -1.99. The zero-order valence-corrected chi connectivity index (χ0v) is 11.0. The zero-order chi connectivity index (χ0) is 13.4. The van der Waals surface area contributed by atoms with E-state index in [-0.39, 0.29) is 17.9 Å². The van der Waals surface area contributed by atoms with E-state index in [1.165, 1.54) is 7.11 Å². The maximum absolute atomic E-state index is 11.5. The Kier molecular flexibility index (Phi) is 6.36. The van der Waals surface area contributed by atoms with E-state index in [0.717, 1.165) is 24.8 Å². The molecule has 4 heteroatoms. The molecule has 0 aromatic carbocycles. The molecule has 0 N–H and O–H groups in total. The third kappa shape index (κ3) is 4.84. The van der Waals surface area contributed by atoms with Crippen molar-refractivity contribution in [1.29, 1.82) is 0 Å². The molecule has 0 amide bonds. The molecule has 1 aliphatic rings. The summed E-state index contributed by atoms with van der Waals surface area (Å²) in [6.45, 7) is 0. The molecule has 1 rings (SSSR count). The molecule has 0 bridgehead atoms. The number of unbranched alkanes of at least 4 members (excludes halogenated alkanes) is 2. The molecule has 0 aromatic rings. The van der Waals surface area contributed by atoms with Crippen LogP contribution in [0.4, 0.5) is 0 Å². The number of Topliss-reactive ketones (excluding diaryl/α,β-unsaturated/α-hetero) is 1. The number of hydrogen-bond donors (Lipinski definition) is 0. The van der Waals surface area contributed by atoms with Gasteiger partial charge in [-0.3, -0.25) is 9.59 Å². The normalized spacial score (nSPS) is 19.3. The van der Waals surface area contributed by atoms with E-state index in [2.05, 4.69) is 4.74 Å². The van der Waals surface area contributed by atoms with Gasteiger partial charge in [-0.25, -0.2) is 0 Å². The molecule has 0 fully saturated rings. The standard InChI is InChI=1S/C14H20O4/c1-17-12-9-11(13(15)10-12)7-5-3-4-6-8-14(16)18-2/h5,7,9,12H,3-4,6,8,10H2,1-2H3. The van der Waals surface area contributed by atoms with Crippen LogP contribution in [0, 0.1) is 0 Å². The van der Waals surface area contributed by atoms with Crippen molar-refractivity contribution in [2.24, 2.45) is 0 Å². The maximum Gasteiger partial charge on any atom is 0.305 e. The van der Waals surface area contributed by atoms with Gasteiger partial charge in [0.2, 0.25) is 0 Å². The molecule has 1 unspecified atom stereocenters. The molecule has 0 saturated heterocycles. The van der Waals surface area contributed by atoms with E-state index in [0.29, 0.717) is 12.8 Å². The first kappa shape index (κ1) is 14.6. The minimum Gasteiger partial charge on any atom is -0.469 e. The van der Waals surface area contributed by atoms with Crippen molar-refractivity contribution in [3.05, 3.63) is 23.8 Å². The molecule has 1 aliphatic carbocycles. The Bertz CT molecular complexity index is 355. The quantitative estimate of drug-likeness (QED) is 0.515. The van der Waals surface area contributed by atoms with E-state index in [4.69, 9.17) is 4.74 Å². The van der Waals surface area contributed by atoms with Crippen LogP contribution in [0.3, 0.4) is 0 Å². The fourth-order valence-corrected chi connectivity index (χ4v) is 1.80. The molecule has 0 spiro atoms. The van der Waals surface area contributed by atoms with Gasteiger partial charge in [0, 0.05) is 25.5 Å². The van der Waals surface area contributed by atoms with Crippen LogP contribution in [0.5, 0.6) is 0 Å². The number of hydrogen-bond acceptors (Lipinski definition) is 4. The van der Waals surface area contributed by atoms with Gasteiger partial charge >= 0.3 is 5.97 Å². The summed E-state index contributed by atoms with van der Waals surface area (Å²) in [5.74, 6) is -0.0387. The summed E-state index contributed by atoms with van der Waals surface area (Å²) < 4.78 is 9.66. The van der Waals surface area contributed by atoms with Gasteiger partial charge in [0.1, 0.15) is 0 Å². The highest BCUT2D eigenvalue weighted by Crippen LogP contribution is 2.18. The third-order valence-electron chi connectivity index (χ3n) is 2.90. The summed E-state index contributed by atoms with van der Waals surface area (Å²) in [6.07, 6.45) is 9.09. The Balaban J connectivity index is 2.21. The van der Waals surface area contributed by atoms with Crippen LogP contribution in [-0.2, 0) is 19.1 Å². The smallest absolute Gasteiger partial charge is 0.305 e. The second-order valence-corrected chi connectivity index (χ2v) is 4.25. The molecule has 1 atom stereocenters. The van der Waals surface area contributed by atoms with Gasteiger partial charge in [-0.05, 0) is 25.3 Å². The number of methoxy groups -OCH3 is 2. The van der Waals surface area contributed by atoms with E-state index < -0.39 is 0 Å². The van der Waals surface area contributed by atoms with Gasteiger partial charge in [-0.2, -0.15) is 0 Å². The lowest BCUT2D eigenvalue weighted by molar-refractivity contribution is -0.140. The monoisotopic (exact) mass is 252 g/mol. The van der Waals surface area contributed by atoms with Crippen molar-refractivity contribution < 1.29 is 19.1 Å². The van der Waals surface area contributed by atoms with E-state index in [1.54, 1.807) is 7.11 Å². The highest BCUT2D eigenvalue weighted by molar-refractivity contribution is 6.00. The fourth-order valence-electron chi connectivity index (χ4n) is 1.80. The molecule has 0 heterocycles. The molecule has 0 aromatic heterocycles. The summed E-state index contributed by atoms with van der Waals surface area (Å²) in [5, 5.41) is 0. The van der Waals surface area contributed by atoms with Crippen molar-refractivity contribution in [3.8, 4) is 0 Å². The van der Waals surface area contributed by atoms with Crippen LogP contribution in [-0.4, -0.2) is 32.1 Å². The predicted molar refractivity (Wildman–Crippen MR) is 68.1 cm³/mol. The molecule has 18 heavy (non-hydrogen) atoms. The predicted octanol–water partition coefficient (Wildman–Crippen LogP) is 2.19. The SMILES string of the molecule is COC(=O)CCCCC=CC1=CC(OC)CC1=O. The summed E-state index contributed by atoms with van der Waals surface area (Å²) in [5.41, 5.74) is 0.731. The average molecular weight is 252 g/mol. The summed E-state index contributed by atoms with van der Waals surface area (Å²) in [7, 11) is 3.00. The van der Waals surface area contributed by atoms with Crippen LogP contribution < -0.4 is 0 Å². The molecule has 4 nitrogen and oxygen atoms in total. The van der Waals surface area contributed by atoms with Gasteiger partial charge in [0.05, 0.1) is 13.2 Å². The summed E-state index contributed by atoms with van der Waals surface area (Å²) >= 11 is 0. The average Bonchev–Trinajstić information content (AvgIpc) is 2.74. The maximum atomic E-state index is 11.5. The number of carbonyl (C=O) groups excluding carboxylic acids is 2. The number of rotatable bonds is 7. The van der Waals surface area contributed by atoms with Crippen LogP contribution in [0.15, 0.2) is 23.8 Å². The topological polar surface area (TPSA) is 52.6 Å². The number of ketones is 1. The van der Waals surface area contributed by atoms with Crippen LogP contribution in [0.25, 0.3) is 0 Å². The van der Waals surface area contributed by atoms with Crippen molar-refractivity contribution >= 4 is 11.8 Å². The number of ether oxygens (including phenoxy) is 2. The first-order valence-electron chi connectivity index (χ1n) is 6.18. The largest absolute Gasteiger partial charge is 0.469 e. The zero-order valence-electron chi connectivity index (χ0n) is 11.0. The van der Waals surface area contributed by atoms with Crippen molar-refractivity contribution in [1.82, 2.24) is 0 Å². The van der Waals surface area contributed by atoms with Crippen molar-refractivity contribution in [2.75, 3.05) is 14.2 Å². The lowest BCUT2D eigenvalue weighted by Crippen LogP contribution is -2.04. The van der Waals surface area contributed by atoms with Crippen molar-refractivity contribution in [3.63, 3.8) is 0 Å². The Morgan fingerprint density at radius 1 is 1.44 bits per heavy atom. The number of esters is 1. The summed E-state index contributed by atoms with van der Waals surface area (Å²) in [4.78, 5) is 22.4. The van der Waals surface area contributed by atoms with E-state index in [1.807, 2.05) is 18.2 Å². The Morgan fingerprint density at radius 3 is 2.83 bits per heavy atom. The first-order valence-corrected chi connectivity index (χ1v) is 6.18. The minimum absolute atomic E-state index is 0.0727. The Labute approximate surface area is 108 Å². The first-order chi connectivity index (χ1) is 8.67. The van der Waals surface area contributed by atoms with Crippen LogP contribution in [0.2, 0.25) is 0 Å². The van der Waals surface area contributed by atoms with E-state index >= 15 is 0 Å². The lowest BCUT2D eigenvalue weighted by atomic mass is 10.1. The van der Waals surface area contributed by atoms with Gasteiger partial charge in [-0.1, -0.05) is 12.2 Å². The Hall–Kier alpha value is -1.42. The molecule has 0 radical (unpaired) electrons. The molecule has 0 saturated carbocycles. The summed E-state index contributed by atoms with van der Waals surface area (Å²) in [6, 6.07) is 0. The number of allylic oxidation sites excluding steroid dienone is 3. The van der Waals surface area contributed by atoms with Gasteiger partial charge in [-0.15, -0.1) is 0 Å². The highest BCUT2D eigenvalue weighted by atomic mass is 16.5. The second kappa shape index (κ2) is 7.82. The molecular weight excluding hydrogens is 232 g/mol. The van der Waals surface area contributed by atoms with Gasteiger partial charge in [0.25, 0.3) is 0 Å². The minimum atomic E-state index is -0.171. The van der Waals surface area contributed by atoms with Crippen LogP contribution in [0.1, 0.15) is 32.1 Å². The third-order valence-corrected chi connectivity index (χ3v) is 2.90. The second-order valence-electron chi connectivity index (χ2n) is 4.25. The van der Waals surface area contributed by atoms with Crippen LogP contribution >= 0.6 is 0 Å². The van der Waals surface area contributed by atoms with Gasteiger partial charge < -0.3 is 9.47 Å². The number of carbonyl (C=O) groups is 2. The van der Waals surface area contributed by atoms with E-state index in [9.17, 15) is 9.59 Å². The highest BCUT2D eigenvalue weighted by Gasteiger charge is 2.21. The molecular formula is C14H20O4.